The Kier molecular flexibility index (Phi) is 4.58. The Hall–Kier alpha value is -2.86. The lowest BCUT2D eigenvalue weighted by atomic mass is 10.1. The Bertz CT molecular complexity index is 1010. The van der Waals surface area contributed by atoms with Gasteiger partial charge in [0.15, 0.2) is 0 Å². The van der Waals surface area contributed by atoms with Crippen molar-refractivity contribution in [3.05, 3.63) is 57.9 Å². The molecule has 0 saturated carbocycles. The quantitative estimate of drug-likeness (QED) is 0.676. The zero-order valence-electron chi connectivity index (χ0n) is 15.5. The van der Waals surface area contributed by atoms with Crippen LogP contribution < -0.4 is 14.4 Å². The van der Waals surface area contributed by atoms with E-state index in [-0.39, 0.29) is 5.91 Å². The van der Waals surface area contributed by atoms with E-state index in [1.54, 1.807) is 43.8 Å². The Morgan fingerprint density at radius 2 is 2.00 bits per heavy atom. The third kappa shape index (κ3) is 3.17. The van der Waals surface area contributed by atoms with Crippen molar-refractivity contribution in [2.24, 2.45) is 0 Å². The lowest BCUT2D eigenvalue weighted by Crippen LogP contribution is -2.29. The predicted molar refractivity (Wildman–Crippen MR) is 107 cm³/mol. The van der Waals surface area contributed by atoms with Crippen LogP contribution in [0.4, 0.5) is 5.69 Å². The molecule has 0 fully saturated rings. The number of methoxy groups -OCH3 is 2. The van der Waals surface area contributed by atoms with E-state index in [0.717, 1.165) is 28.4 Å². The van der Waals surface area contributed by atoms with Crippen LogP contribution in [0.5, 0.6) is 11.5 Å². The van der Waals surface area contributed by atoms with Crippen LogP contribution in [0.15, 0.2) is 41.8 Å². The number of anilines is 1. The molecular weight excluding hydrogens is 360 g/mol. The van der Waals surface area contributed by atoms with Gasteiger partial charge in [-0.2, -0.15) is 0 Å². The summed E-state index contributed by atoms with van der Waals surface area (Å²) in [7, 11) is 3.15. The fraction of sp³-hybridized carbons (Fsp3) is 0.238. The first kappa shape index (κ1) is 17.5. The average Bonchev–Trinajstić information content (AvgIpc) is 3.32. The molecular formula is C21H20N2O3S. The van der Waals surface area contributed by atoms with E-state index >= 15 is 0 Å². The standard InChI is InChI=1S/C21H20N2O3S/c1-13-22-18(12-27-13)14-4-7-19-15(10-14)8-9-23(19)21(24)17-6-5-16(25-2)11-20(17)26-3/h4-7,10-12H,8-9H2,1-3H3. The van der Waals surface area contributed by atoms with E-state index in [9.17, 15) is 4.79 Å². The van der Waals surface area contributed by atoms with E-state index in [1.807, 2.05) is 24.0 Å². The molecule has 0 unspecified atom stereocenters. The molecule has 0 N–H and O–H groups in total. The maximum Gasteiger partial charge on any atom is 0.262 e. The van der Waals surface area contributed by atoms with Crippen LogP contribution in [0.3, 0.4) is 0 Å². The molecule has 138 valence electrons. The molecule has 0 radical (unpaired) electrons. The summed E-state index contributed by atoms with van der Waals surface area (Å²) in [5.41, 5.74) is 4.73. The summed E-state index contributed by atoms with van der Waals surface area (Å²) in [6.45, 7) is 2.66. The lowest BCUT2D eigenvalue weighted by Gasteiger charge is -2.19. The number of hydrogen-bond donors (Lipinski definition) is 0. The van der Waals surface area contributed by atoms with Gasteiger partial charge in [0.2, 0.25) is 0 Å². The van der Waals surface area contributed by atoms with E-state index in [0.29, 0.717) is 23.6 Å². The van der Waals surface area contributed by atoms with Crippen molar-refractivity contribution in [1.29, 1.82) is 0 Å². The van der Waals surface area contributed by atoms with Gasteiger partial charge in [-0.15, -0.1) is 11.3 Å². The number of carbonyl (C=O) groups is 1. The highest BCUT2D eigenvalue weighted by molar-refractivity contribution is 7.09. The third-order valence-electron chi connectivity index (χ3n) is 4.77. The second-order valence-electron chi connectivity index (χ2n) is 6.37. The van der Waals surface area contributed by atoms with Gasteiger partial charge in [0.1, 0.15) is 11.5 Å². The Morgan fingerprint density at radius 3 is 2.70 bits per heavy atom. The van der Waals surface area contributed by atoms with Gasteiger partial charge in [0, 0.05) is 29.2 Å². The number of benzene rings is 2. The fourth-order valence-electron chi connectivity index (χ4n) is 3.39. The summed E-state index contributed by atoms with van der Waals surface area (Å²) in [5.74, 6) is 1.11. The van der Waals surface area contributed by atoms with Crippen molar-refractivity contribution in [3.8, 4) is 22.8 Å². The number of fused-ring (bicyclic) bond motifs is 1. The van der Waals surface area contributed by atoms with Crippen LogP contribution in [0.1, 0.15) is 20.9 Å². The summed E-state index contributed by atoms with van der Waals surface area (Å²) in [6, 6.07) is 11.5. The second kappa shape index (κ2) is 7.04. The van der Waals surface area contributed by atoms with Crippen LogP contribution >= 0.6 is 11.3 Å². The number of ether oxygens (including phenoxy) is 2. The zero-order chi connectivity index (χ0) is 19.0. The van der Waals surface area contributed by atoms with Crippen LogP contribution in [0.2, 0.25) is 0 Å². The van der Waals surface area contributed by atoms with E-state index in [1.165, 1.54) is 5.56 Å². The Morgan fingerprint density at radius 1 is 1.15 bits per heavy atom. The smallest absolute Gasteiger partial charge is 0.262 e. The molecule has 0 aliphatic carbocycles. The van der Waals surface area contributed by atoms with Crippen LogP contribution in [0, 0.1) is 6.92 Å². The minimum Gasteiger partial charge on any atom is -0.497 e. The Labute approximate surface area is 162 Å². The number of aromatic nitrogens is 1. The minimum atomic E-state index is -0.0643. The minimum absolute atomic E-state index is 0.0643. The summed E-state index contributed by atoms with van der Waals surface area (Å²) in [4.78, 5) is 19.5. The zero-order valence-corrected chi connectivity index (χ0v) is 16.3. The maximum absolute atomic E-state index is 13.1. The van der Waals surface area contributed by atoms with E-state index < -0.39 is 0 Å². The largest absolute Gasteiger partial charge is 0.497 e. The topological polar surface area (TPSA) is 51.7 Å². The van der Waals surface area contributed by atoms with Crippen molar-refractivity contribution in [2.75, 3.05) is 25.7 Å². The molecule has 5 nitrogen and oxygen atoms in total. The number of thiazole rings is 1. The summed E-state index contributed by atoms with van der Waals surface area (Å²) < 4.78 is 10.6. The maximum atomic E-state index is 13.1. The van der Waals surface area contributed by atoms with Crippen molar-refractivity contribution in [3.63, 3.8) is 0 Å². The second-order valence-corrected chi connectivity index (χ2v) is 7.43. The molecule has 0 bridgehead atoms. The molecule has 1 aliphatic rings. The monoisotopic (exact) mass is 380 g/mol. The van der Waals surface area contributed by atoms with Gasteiger partial charge in [-0.05, 0) is 43.2 Å². The van der Waals surface area contributed by atoms with Crippen molar-refractivity contribution in [1.82, 2.24) is 4.98 Å². The molecule has 27 heavy (non-hydrogen) atoms. The van der Waals surface area contributed by atoms with Crippen molar-refractivity contribution < 1.29 is 14.3 Å². The molecule has 1 aliphatic heterocycles. The summed E-state index contributed by atoms with van der Waals surface area (Å²) in [6.07, 6.45) is 0.830. The van der Waals surface area contributed by atoms with Gasteiger partial charge in [-0.3, -0.25) is 4.79 Å². The van der Waals surface area contributed by atoms with E-state index in [2.05, 4.69) is 16.4 Å². The van der Waals surface area contributed by atoms with Crippen LogP contribution in [-0.4, -0.2) is 31.7 Å². The van der Waals surface area contributed by atoms with Gasteiger partial charge < -0.3 is 14.4 Å². The first-order valence-corrected chi connectivity index (χ1v) is 9.58. The predicted octanol–water partition coefficient (Wildman–Crippen LogP) is 4.34. The van der Waals surface area contributed by atoms with Crippen molar-refractivity contribution >= 4 is 22.9 Å². The Balaban J connectivity index is 1.65. The summed E-state index contributed by atoms with van der Waals surface area (Å²) >= 11 is 1.64. The van der Waals surface area contributed by atoms with E-state index in [4.69, 9.17) is 9.47 Å². The average molecular weight is 380 g/mol. The lowest BCUT2D eigenvalue weighted by molar-refractivity contribution is 0.0986. The SMILES string of the molecule is COc1ccc(C(=O)N2CCc3cc(-c4csc(C)n4)ccc32)c(OC)c1. The molecule has 0 saturated heterocycles. The first-order valence-electron chi connectivity index (χ1n) is 8.70. The number of carbonyl (C=O) groups excluding carboxylic acids is 1. The first-order chi connectivity index (χ1) is 13.1. The molecule has 0 spiro atoms. The van der Waals surface area contributed by atoms with Gasteiger partial charge in [-0.1, -0.05) is 6.07 Å². The highest BCUT2D eigenvalue weighted by Gasteiger charge is 2.28. The highest BCUT2D eigenvalue weighted by Crippen LogP contribution is 2.35. The fourth-order valence-corrected chi connectivity index (χ4v) is 4.01. The molecule has 1 amide bonds. The molecule has 1 aromatic heterocycles. The van der Waals surface area contributed by atoms with Gasteiger partial charge >= 0.3 is 0 Å². The molecule has 0 atom stereocenters. The van der Waals surface area contributed by atoms with Crippen LogP contribution in [-0.2, 0) is 6.42 Å². The molecule has 2 heterocycles. The third-order valence-corrected chi connectivity index (χ3v) is 5.55. The number of aryl methyl sites for hydroxylation is 1. The number of hydrogen-bond acceptors (Lipinski definition) is 5. The molecule has 2 aromatic carbocycles. The number of rotatable bonds is 4. The molecule has 4 rings (SSSR count). The molecule has 6 heteroatoms. The highest BCUT2D eigenvalue weighted by atomic mass is 32.1. The van der Waals surface area contributed by atoms with Crippen LogP contribution in [0.25, 0.3) is 11.3 Å². The van der Waals surface area contributed by atoms with Gasteiger partial charge in [0.25, 0.3) is 5.91 Å². The summed E-state index contributed by atoms with van der Waals surface area (Å²) in [5, 5.41) is 3.12. The number of nitrogens with zero attached hydrogens (tertiary/aromatic N) is 2. The van der Waals surface area contributed by atoms with Gasteiger partial charge in [-0.25, -0.2) is 4.98 Å². The molecule has 3 aromatic rings. The van der Waals surface area contributed by atoms with Crippen molar-refractivity contribution in [2.45, 2.75) is 13.3 Å². The normalized spacial score (nSPS) is 12.8. The number of amides is 1. The van der Waals surface area contributed by atoms with Gasteiger partial charge in [0.05, 0.1) is 30.5 Å².